The first-order chi connectivity index (χ1) is 10.2. The summed E-state index contributed by atoms with van der Waals surface area (Å²) in [6, 6.07) is 5.46. The van der Waals surface area contributed by atoms with Crippen LogP contribution in [0, 0.1) is 0 Å². The van der Waals surface area contributed by atoms with Crippen molar-refractivity contribution in [2.45, 2.75) is 19.3 Å². The molecule has 1 aromatic heterocycles. The number of nitrogens with zero attached hydrogens (tertiary/aromatic N) is 2. The van der Waals surface area contributed by atoms with Gasteiger partial charge in [0.1, 0.15) is 5.69 Å². The average Bonchev–Trinajstić information content (AvgIpc) is 2.68. The van der Waals surface area contributed by atoms with E-state index in [0.29, 0.717) is 12.1 Å². The molecular formula is C15H14N4O2. The fourth-order valence-corrected chi connectivity index (χ4v) is 2.26. The highest BCUT2D eigenvalue weighted by atomic mass is 16.2. The molecule has 2 amide bonds. The summed E-state index contributed by atoms with van der Waals surface area (Å²) in [4.78, 5) is 31.3. The van der Waals surface area contributed by atoms with Crippen molar-refractivity contribution >= 4 is 23.2 Å². The quantitative estimate of drug-likeness (QED) is 0.882. The Morgan fingerprint density at radius 1 is 1.24 bits per heavy atom. The molecule has 1 aromatic carbocycles. The minimum atomic E-state index is -0.305. The highest BCUT2D eigenvalue weighted by Gasteiger charge is 2.14. The molecule has 0 saturated carbocycles. The van der Waals surface area contributed by atoms with E-state index < -0.39 is 0 Å². The molecule has 1 aliphatic rings. The minimum absolute atomic E-state index is 0.0325. The van der Waals surface area contributed by atoms with Crippen molar-refractivity contribution in [2.24, 2.45) is 0 Å². The number of hydrogen-bond donors (Lipinski definition) is 2. The Labute approximate surface area is 121 Å². The molecule has 0 atom stereocenters. The van der Waals surface area contributed by atoms with Gasteiger partial charge in [-0.15, -0.1) is 0 Å². The molecule has 0 radical (unpaired) electrons. The van der Waals surface area contributed by atoms with Crippen LogP contribution < -0.4 is 10.6 Å². The van der Waals surface area contributed by atoms with E-state index in [0.717, 1.165) is 24.1 Å². The lowest BCUT2D eigenvalue weighted by molar-refractivity contribution is -0.116. The van der Waals surface area contributed by atoms with Crippen molar-refractivity contribution in [1.29, 1.82) is 0 Å². The van der Waals surface area contributed by atoms with Crippen LogP contribution in [-0.4, -0.2) is 21.8 Å². The smallest absolute Gasteiger partial charge is 0.275 e. The Hall–Kier alpha value is -2.76. The Morgan fingerprint density at radius 2 is 2.14 bits per heavy atom. The number of benzene rings is 1. The van der Waals surface area contributed by atoms with Crippen molar-refractivity contribution in [1.82, 2.24) is 9.97 Å². The summed E-state index contributed by atoms with van der Waals surface area (Å²) in [5, 5.41) is 5.65. The molecule has 3 rings (SSSR count). The van der Waals surface area contributed by atoms with Gasteiger partial charge in [0.2, 0.25) is 5.91 Å². The number of carbonyl (C=O) groups excluding carboxylic acids is 2. The third kappa shape index (κ3) is 3.05. The lowest BCUT2D eigenvalue weighted by Crippen LogP contribution is -2.14. The largest absolute Gasteiger partial charge is 0.326 e. The first kappa shape index (κ1) is 13.2. The van der Waals surface area contributed by atoms with Gasteiger partial charge in [0.15, 0.2) is 0 Å². The normalized spacial score (nSPS) is 13.8. The molecule has 2 aromatic rings. The van der Waals surface area contributed by atoms with Gasteiger partial charge in [0.05, 0.1) is 6.20 Å². The summed E-state index contributed by atoms with van der Waals surface area (Å²) in [7, 11) is 0. The highest BCUT2D eigenvalue weighted by molar-refractivity contribution is 6.03. The molecule has 106 valence electrons. The van der Waals surface area contributed by atoms with Gasteiger partial charge >= 0.3 is 0 Å². The summed E-state index contributed by atoms with van der Waals surface area (Å²) >= 11 is 0. The lowest BCUT2D eigenvalue weighted by atomic mass is 10.1. The maximum atomic E-state index is 12.0. The van der Waals surface area contributed by atoms with E-state index in [1.165, 1.54) is 18.6 Å². The number of aryl methyl sites for hydroxylation is 1. The van der Waals surface area contributed by atoms with Crippen LogP contribution in [0.3, 0.4) is 0 Å². The maximum Gasteiger partial charge on any atom is 0.275 e. The van der Waals surface area contributed by atoms with E-state index in [2.05, 4.69) is 20.6 Å². The first-order valence-electron chi connectivity index (χ1n) is 6.72. The van der Waals surface area contributed by atoms with Crippen molar-refractivity contribution in [3.63, 3.8) is 0 Å². The molecule has 0 spiro atoms. The Bertz CT molecular complexity index is 685. The van der Waals surface area contributed by atoms with Gasteiger partial charge in [0.25, 0.3) is 5.91 Å². The second kappa shape index (κ2) is 5.70. The van der Waals surface area contributed by atoms with Gasteiger partial charge in [-0.3, -0.25) is 14.6 Å². The number of amides is 2. The van der Waals surface area contributed by atoms with Crippen LogP contribution in [0.4, 0.5) is 11.4 Å². The van der Waals surface area contributed by atoms with Crippen molar-refractivity contribution < 1.29 is 9.59 Å². The van der Waals surface area contributed by atoms with Crippen molar-refractivity contribution in [3.8, 4) is 0 Å². The van der Waals surface area contributed by atoms with Crippen LogP contribution in [0.2, 0.25) is 0 Å². The fourth-order valence-electron chi connectivity index (χ4n) is 2.26. The monoisotopic (exact) mass is 282 g/mol. The summed E-state index contributed by atoms with van der Waals surface area (Å²) in [6.07, 6.45) is 6.54. The SMILES string of the molecule is O=C1CCCc2cc(NC(=O)c3cnccn3)ccc2N1. The number of nitrogens with one attached hydrogen (secondary N) is 2. The molecule has 2 N–H and O–H groups in total. The molecule has 1 aliphatic heterocycles. The predicted molar refractivity (Wildman–Crippen MR) is 78.0 cm³/mol. The molecule has 6 heteroatoms. The van der Waals surface area contributed by atoms with Gasteiger partial charge in [-0.25, -0.2) is 4.98 Å². The summed E-state index contributed by atoms with van der Waals surface area (Å²) in [5.41, 5.74) is 2.79. The van der Waals surface area contributed by atoms with Crippen LogP contribution in [0.15, 0.2) is 36.8 Å². The molecule has 0 fully saturated rings. The van der Waals surface area contributed by atoms with Gasteiger partial charge in [-0.05, 0) is 36.6 Å². The molecule has 2 heterocycles. The van der Waals surface area contributed by atoms with Gasteiger partial charge < -0.3 is 10.6 Å². The van der Waals surface area contributed by atoms with Gasteiger partial charge in [-0.2, -0.15) is 0 Å². The summed E-state index contributed by atoms with van der Waals surface area (Å²) in [5.74, 6) is -0.272. The summed E-state index contributed by atoms with van der Waals surface area (Å²) < 4.78 is 0. The number of fused-ring (bicyclic) bond motifs is 1. The zero-order valence-electron chi connectivity index (χ0n) is 11.3. The van der Waals surface area contributed by atoms with Crippen LogP contribution in [0.1, 0.15) is 28.9 Å². The minimum Gasteiger partial charge on any atom is -0.326 e. The fraction of sp³-hybridized carbons (Fsp3) is 0.200. The zero-order chi connectivity index (χ0) is 14.7. The van der Waals surface area contributed by atoms with Crippen LogP contribution >= 0.6 is 0 Å². The van der Waals surface area contributed by atoms with Gasteiger partial charge in [-0.1, -0.05) is 0 Å². The highest BCUT2D eigenvalue weighted by Crippen LogP contribution is 2.25. The second-order valence-electron chi connectivity index (χ2n) is 4.82. The van der Waals surface area contributed by atoms with Crippen molar-refractivity contribution in [3.05, 3.63) is 48.0 Å². The van der Waals surface area contributed by atoms with E-state index in [1.807, 2.05) is 12.1 Å². The average molecular weight is 282 g/mol. The standard InChI is InChI=1S/C15H14N4O2/c20-14-3-1-2-10-8-11(4-5-12(10)19-14)18-15(21)13-9-16-6-7-17-13/h4-9H,1-3H2,(H,18,21)(H,19,20). The Morgan fingerprint density at radius 3 is 2.95 bits per heavy atom. The number of aromatic nitrogens is 2. The molecule has 0 unspecified atom stereocenters. The van der Waals surface area contributed by atoms with E-state index in [-0.39, 0.29) is 17.5 Å². The molecule has 0 aliphatic carbocycles. The zero-order valence-corrected chi connectivity index (χ0v) is 11.3. The molecule has 0 bridgehead atoms. The molecular weight excluding hydrogens is 268 g/mol. The van der Waals surface area contributed by atoms with E-state index in [4.69, 9.17) is 0 Å². The van der Waals surface area contributed by atoms with E-state index in [9.17, 15) is 9.59 Å². The van der Waals surface area contributed by atoms with Crippen LogP contribution in [-0.2, 0) is 11.2 Å². The molecule has 21 heavy (non-hydrogen) atoms. The topological polar surface area (TPSA) is 84.0 Å². The predicted octanol–water partition coefficient (Wildman–Crippen LogP) is 2.00. The third-order valence-corrected chi connectivity index (χ3v) is 3.28. The Kier molecular flexibility index (Phi) is 3.59. The van der Waals surface area contributed by atoms with Gasteiger partial charge in [0, 0.05) is 30.2 Å². The lowest BCUT2D eigenvalue weighted by Gasteiger charge is -2.10. The van der Waals surface area contributed by atoms with Crippen LogP contribution in [0.5, 0.6) is 0 Å². The maximum absolute atomic E-state index is 12.0. The summed E-state index contributed by atoms with van der Waals surface area (Å²) in [6.45, 7) is 0. The molecule has 6 nitrogen and oxygen atoms in total. The number of rotatable bonds is 2. The second-order valence-corrected chi connectivity index (χ2v) is 4.82. The molecule has 0 saturated heterocycles. The Balaban J connectivity index is 1.80. The van der Waals surface area contributed by atoms with Crippen LogP contribution in [0.25, 0.3) is 0 Å². The number of carbonyl (C=O) groups is 2. The number of anilines is 2. The van der Waals surface area contributed by atoms with Crippen molar-refractivity contribution in [2.75, 3.05) is 10.6 Å². The number of hydrogen-bond acceptors (Lipinski definition) is 4. The van der Waals surface area contributed by atoms with E-state index in [1.54, 1.807) is 6.07 Å². The first-order valence-corrected chi connectivity index (χ1v) is 6.72. The third-order valence-electron chi connectivity index (χ3n) is 3.28. The van der Waals surface area contributed by atoms with E-state index >= 15 is 0 Å².